The minimum atomic E-state index is -0.650. The molecule has 1 aromatic heterocycles. The molecule has 2 aromatic rings. The standard InChI is InChI=1S/C28H32N4O2/c1-19-12-26(34-18-19)27(33)32-10-7-24(8-11-32)31-28(2)15-23(14-22-6-9-30-17-25(22)28)21-5-3-4-20(13-21)16-29/h3-6,9,12-14,17,19,24,27,31,33H,7-8,10-11,15,18H2,1-2H3. The van der Waals surface area contributed by atoms with Crippen LogP contribution in [0.5, 0.6) is 0 Å². The van der Waals surface area contributed by atoms with Crippen LogP contribution in [0, 0.1) is 17.2 Å². The number of fused-ring (bicyclic) bond motifs is 1. The van der Waals surface area contributed by atoms with Crippen molar-refractivity contribution < 1.29 is 9.84 Å². The van der Waals surface area contributed by atoms with Crippen molar-refractivity contribution in [3.8, 4) is 6.07 Å². The lowest BCUT2D eigenvalue weighted by Crippen LogP contribution is -2.53. The molecular formula is C28H32N4O2. The molecular weight excluding hydrogens is 424 g/mol. The highest BCUT2D eigenvalue weighted by Crippen LogP contribution is 2.41. The second-order valence-electron chi connectivity index (χ2n) is 10.0. The Hall–Kier alpha value is -2.98. The van der Waals surface area contributed by atoms with Crippen LogP contribution in [0.3, 0.4) is 0 Å². The van der Waals surface area contributed by atoms with Gasteiger partial charge in [-0.3, -0.25) is 9.88 Å². The van der Waals surface area contributed by atoms with Gasteiger partial charge in [-0.25, -0.2) is 0 Å². The van der Waals surface area contributed by atoms with Gasteiger partial charge in [0.25, 0.3) is 0 Å². The molecule has 2 N–H and O–H groups in total. The molecule has 0 amide bonds. The molecule has 1 aliphatic carbocycles. The molecule has 5 rings (SSSR count). The van der Waals surface area contributed by atoms with Gasteiger partial charge in [0.2, 0.25) is 0 Å². The first-order chi connectivity index (χ1) is 16.4. The summed E-state index contributed by atoms with van der Waals surface area (Å²) in [5.41, 5.74) is 5.09. The fourth-order valence-electron chi connectivity index (χ4n) is 5.49. The number of hydrogen-bond donors (Lipinski definition) is 2. The Morgan fingerprint density at radius 3 is 2.85 bits per heavy atom. The quantitative estimate of drug-likeness (QED) is 0.707. The van der Waals surface area contributed by atoms with Crippen LogP contribution in [0.15, 0.2) is 54.6 Å². The van der Waals surface area contributed by atoms with Crippen LogP contribution in [0.25, 0.3) is 11.6 Å². The van der Waals surface area contributed by atoms with E-state index in [-0.39, 0.29) is 5.54 Å². The number of benzene rings is 1. The fraction of sp³-hybridized carbons (Fsp3) is 0.429. The molecule has 3 aliphatic rings. The Morgan fingerprint density at radius 1 is 1.29 bits per heavy atom. The van der Waals surface area contributed by atoms with Crippen LogP contribution < -0.4 is 5.32 Å². The van der Waals surface area contributed by atoms with Crippen LogP contribution >= 0.6 is 0 Å². The maximum Gasteiger partial charge on any atom is 0.165 e. The molecule has 176 valence electrons. The maximum atomic E-state index is 10.8. The zero-order valence-corrected chi connectivity index (χ0v) is 19.9. The zero-order valence-electron chi connectivity index (χ0n) is 19.9. The van der Waals surface area contributed by atoms with Gasteiger partial charge < -0.3 is 15.2 Å². The summed E-state index contributed by atoms with van der Waals surface area (Å²) >= 11 is 0. The first-order valence-corrected chi connectivity index (χ1v) is 12.1. The second kappa shape index (κ2) is 9.34. The third-order valence-electron chi connectivity index (χ3n) is 7.30. The van der Waals surface area contributed by atoms with Gasteiger partial charge in [0.05, 0.1) is 18.2 Å². The van der Waals surface area contributed by atoms with Crippen molar-refractivity contribution in [1.29, 1.82) is 5.26 Å². The minimum Gasteiger partial charge on any atom is -0.493 e. The number of likely N-dealkylation sites (tertiary alicyclic amines) is 1. The molecule has 1 fully saturated rings. The summed E-state index contributed by atoms with van der Waals surface area (Å²) in [6, 6.07) is 12.5. The van der Waals surface area contributed by atoms with E-state index < -0.39 is 6.23 Å². The monoisotopic (exact) mass is 456 g/mol. The van der Waals surface area contributed by atoms with E-state index in [1.807, 2.05) is 36.7 Å². The molecule has 1 aromatic carbocycles. The molecule has 6 heteroatoms. The number of aliphatic hydroxyl groups is 1. The second-order valence-corrected chi connectivity index (χ2v) is 10.0. The molecule has 0 spiro atoms. The molecule has 0 bridgehead atoms. The number of nitrogens with zero attached hydrogens (tertiary/aromatic N) is 3. The zero-order chi connectivity index (χ0) is 23.7. The van der Waals surface area contributed by atoms with Crippen LogP contribution in [0.4, 0.5) is 0 Å². The van der Waals surface area contributed by atoms with Gasteiger partial charge in [-0.1, -0.05) is 25.1 Å². The van der Waals surface area contributed by atoms with Crippen molar-refractivity contribution in [1.82, 2.24) is 15.2 Å². The summed E-state index contributed by atoms with van der Waals surface area (Å²) < 4.78 is 5.67. The Kier molecular flexibility index (Phi) is 6.26. The molecule has 1 saturated heterocycles. The summed E-state index contributed by atoms with van der Waals surface area (Å²) in [6.45, 7) is 6.65. The fourth-order valence-corrected chi connectivity index (χ4v) is 5.49. The molecule has 6 nitrogen and oxygen atoms in total. The first-order valence-electron chi connectivity index (χ1n) is 12.1. The summed E-state index contributed by atoms with van der Waals surface area (Å²) in [5.74, 6) is 1.06. The number of hydrogen-bond acceptors (Lipinski definition) is 6. The number of nitrogens with one attached hydrogen (secondary N) is 1. The number of piperidine rings is 1. The number of aromatic nitrogens is 1. The summed E-state index contributed by atoms with van der Waals surface area (Å²) in [4.78, 5) is 6.53. The Bertz CT molecular complexity index is 1160. The topological polar surface area (TPSA) is 81.4 Å². The van der Waals surface area contributed by atoms with E-state index in [1.54, 1.807) is 0 Å². The normalized spacial score (nSPS) is 26.1. The van der Waals surface area contributed by atoms with Gasteiger partial charge in [-0.15, -0.1) is 0 Å². The average Bonchev–Trinajstić information content (AvgIpc) is 3.30. The SMILES string of the molecule is CC1C=C(C(O)N2CCC(NC3(C)CC(c4cccc(C#N)c4)=Cc4ccncc43)CC2)OC1. The van der Waals surface area contributed by atoms with Crippen LogP contribution in [-0.2, 0) is 10.3 Å². The number of aliphatic hydroxyl groups excluding tert-OH is 1. The molecule has 3 unspecified atom stereocenters. The molecule has 3 atom stereocenters. The highest BCUT2D eigenvalue weighted by Gasteiger charge is 2.37. The summed E-state index contributed by atoms with van der Waals surface area (Å²) in [6.07, 6.45) is 10.2. The van der Waals surface area contributed by atoms with E-state index in [2.05, 4.69) is 53.3 Å². The van der Waals surface area contributed by atoms with Crippen molar-refractivity contribution in [2.75, 3.05) is 19.7 Å². The molecule has 0 radical (unpaired) electrons. The Balaban J connectivity index is 1.32. The van der Waals surface area contributed by atoms with E-state index in [0.29, 0.717) is 29.9 Å². The summed E-state index contributed by atoms with van der Waals surface area (Å²) in [7, 11) is 0. The number of pyridine rings is 1. The van der Waals surface area contributed by atoms with Crippen molar-refractivity contribution in [2.24, 2.45) is 5.92 Å². The minimum absolute atomic E-state index is 0.270. The lowest BCUT2D eigenvalue weighted by atomic mass is 9.76. The molecule has 34 heavy (non-hydrogen) atoms. The van der Waals surface area contributed by atoms with Crippen LogP contribution in [0.1, 0.15) is 55.4 Å². The van der Waals surface area contributed by atoms with Crippen molar-refractivity contribution in [2.45, 2.75) is 50.9 Å². The predicted molar refractivity (Wildman–Crippen MR) is 132 cm³/mol. The first kappa shape index (κ1) is 22.8. The summed E-state index contributed by atoms with van der Waals surface area (Å²) in [5, 5.41) is 24.1. The van der Waals surface area contributed by atoms with Gasteiger partial charge in [-0.2, -0.15) is 5.26 Å². The molecule has 2 aliphatic heterocycles. The van der Waals surface area contributed by atoms with Crippen LogP contribution in [-0.4, -0.2) is 47.0 Å². The lowest BCUT2D eigenvalue weighted by Gasteiger charge is -2.43. The maximum absolute atomic E-state index is 10.8. The average molecular weight is 457 g/mol. The van der Waals surface area contributed by atoms with Gasteiger partial charge >= 0.3 is 0 Å². The van der Waals surface area contributed by atoms with Gasteiger partial charge in [-0.05, 0) is 72.7 Å². The van der Waals surface area contributed by atoms with Crippen molar-refractivity contribution in [3.63, 3.8) is 0 Å². The van der Waals surface area contributed by atoms with Crippen molar-refractivity contribution in [3.05, 3.63) is 76.8 Å². The number of rotatable bonds is 5. The lowest BCUT2D eigenvalue weighted by molar-refractivity contribution is -0.0234. The molecule has 3 heterocycles. The van der Waals surface area contributed by atoms with E-state index in [9.17, 15) is 10.4 Å². The number of ether oxygens (including phenoxy) is 1. The largest absolute Gasteiger partial charge is 0.493 e. The van der Waals surface area contributed by atoms with E-state index in [1.165, 1.54) is 16.7 Å². The highest BCUT2D eigenvalue weighted by molar-refractivity contribution is 5.86. The van der Waals surface area contributed by atoms with E-state index in [0.717, 1.165) is 37.9 Å². The van der Waals surface area contributed by atoms with Crippen molar-refractivity contribution >= 4 is 11.6 Å². The Labute approximate surface area is 201 Å². The van der Waals surface area contributed by atoms with Gasteiger partial charge in [0.15, 0.2) is 6.23 Å². The predicted octanol–water partition coefficient (Wildman–Crippen LogP) is 4.04. The Morgan fingerprint density at radius 2 is 2.12 bits per heavy atom. The smallest absolute Gasteiger partial charge is 0.165 e. The van der Waals surface area contributed by atoms with E-state index >= 15 is 0 Å². The van der Waals surface area contributed by atoms with Gasteiger partial charge in [0, 0.05) is 43.0 Å². The third kappa shape index (κ3) is 4.52. The number of nitriles is 1. The third-order valence-corrected chi connectivity index (χ3v) is 7.30. The highest BCUT2D eigenvalue weighted by atomic mass is 16.5. The molecule has 0 saturated carbocycles. The van der Waals surface area contributed by atoms with Crippen LogP contribution in [0.2, 0.25) is 0 Å². The van der Waals surface area contributed by atoms with Gasteiger partial charge in [0.1, 0.15) is 5.76 Å². The van der Waals surface area contributed by atoms with E-state index in [4.69, 9.17) is 4.74 Å².